The van der Waals surface area contributed by atoms with Gasteiger partial charge in [0.25, 0.3) is 0 Å². The second-order valence-corrected chi connectivity index (χ2v) is 22.9. The molecule has 434 valence electrons. The molecule has 3 heteroatoms. The van der Waals surface area contributed by atoms with Crippen LogP contribution in [0.2, 0.25) is 0 Å². The summed E-state index contributed by atoms with van der Waals surface area (Å²) in [6.07, 6.45) is 66.0. The van der Waals surface area contributed by atoms with E-state index in [0.717, 1.165) is 73.9 Å². The van der Waals surface area contributed by atoms with E-state index in [2.05, 4.69) is 104 Å². The number of benzene rings is 2. The van der Waals surface area contributed by atoms with Crippen molar-refractivity contribution in [1.82, 2.24) is 0 Å². The SMILES string of the molecule is CCCCCC1=C(c2cccc(C)c2)[N+](=[N-])C(c2cccc(CCCC)c2)=C1CCCC.[CH2-]CCCCCCCCCCCCCCCCCCCC.[CH2-]CCCCCCCCCCCCCCCCCCCC.[Pd+2]. The minimum atomic E-state index is 0. The first-order chi connectivity index (χ1) is 36.4. The van der Waals surface area contributed by atoms with Crippen molar-refractivity contribution < 1.29 is 25.1 Å². The molecule has 1 aliphatic heterocycles. The first-order valence-corrected chi connectivity index (χ1v) is 33.1. The fourth-order valence-electron chi connectivity index (χ4n) is 10.9. The third kappa shape index (κ3) is 39.2. The van der Waals surface area contributed by atoms with Gasteiger partial charge in [-0.05, 0) is 75.3 Å². The zero-order valence-corrected chi connectivity index (χ0v) is 52.7. The summed E-state index contributed by atoms with van der Waals surface area (Å²) in [5.74, 6) is 0. The minimum Gasteiger partial charge on any atom is -0.493 e. The Balaban J connectivity index is 0.00000113. The Morgan fingerprint density at radius 3 is 0.947 bits per heavy atom. The van der Waals surface area contributed by atoms with Gasteiger partial charge in [-0.15, -0.1) is 0 Å². The molecule has 0 atom stereocenters. The van der Waals surface area contributed by atoms with Crippen LogP contribution in [0.25, 0.3) is 16.9 Å². The largest absolute Gasteiger partial charge is 2.00 e. The molecular weight excluding hydrogens is 999 g/mol. The first kappa shape index (κ1) is 73.2. The predicted molar refractivity (Wildman–Crippen MR) is 335 cm³/mol. The molecule has 75 heavy (non-hydrogen) atoms. The van der Waals surface area contributed by atoms with E-state index in [4.69, 9.17) is 0 Å². The van der Waals surface area contributed by atoms with Gasteiger partial charge in [-0.3, -0.25) is 0 Å². The van der Waals surface area contributed by atoms with Gasteiger partial charge in [0.1, 0.15) is 0 Å². The van der Waals surface area contributed by atoms with Gasteiger partial charge in [-0.2, -0.15) is 12.8 Å². The van der Waals surface area contributed by atoms with Crippen LogP contribution in [0.1, 0.15) is 359 Å². The van der Waals surface area contributed by atoms with E-state index in [1.807, 2.05) is 0 Å². The third-order valence-electron chi connectivity index (χ3n) is 15.7. The van der Waals surface area contributed by atoms with E-state index in [9.17, 15) is 5.53 Å². The fourth-order valence-corrected chi connectivity index (χ4v) is 10.9. The topological polar surface area (TPSA) is 25.3 Å². The van der Waals surface area contributed by atoms with E-state index < -0.39 is 0 Å². The van der Waals surface area contributed by atoms with Crippen LogP contribution >= 0.6 is 0 Å². The molecule has 0 amide bonds. The van der Waals surface area contributed by atoms with Gasteiger partial charge >= 0.3 is 20.4 Å². The molecule has 0 spiro atoms. The summed E-state index contributed by atoms with van der Waals surface area (Å²) in [6.45, 7) is 21.3. The molecule has 0 aliphatic carbocycles. The monoisotopic (exact) mass is 1120 g/mol. The van der Waals surface area contributed by atoms with Crippen molar-refractivity contribution in [3.8, 4) is 0 Å². The molecule has 2 nitrogen and oxygen atoms in total. The Kier molecular flexibility index (Phi) is 54.1. The van der Waals surface area contributed by atoms with Crippen LogP contribution in [0, 0.1) is 20.8 Å². The molecule has 0 bridgehead atoms. The van der Waals surface area contributed by atoms with Crippen LogP contribution in [0.4, 0.5) is 0 Å². The van der Waals surface area contributed by atoms with Gasteiger partial charge in [0.15, 0.2) is 0 Å². The van der Waals surface area contributed by atoms with Gasteiger partial charge in [0.2, 0.25) is 11.4 Å². The minimum absolute atomic E-state index is 0. The molecule has 3 rings (SSSR count). The van der Waals surface area contributed by atoms with E-state index in [0.29, 0.717) is 0 Å². The Hall–Kier alpha value is -1.82. The number of aryl methyl sites for hydroxylation is 2. The maximum Gasteiger partial charge on any atom is 2.00 e. The van der Waals surface area contributed by atoms with Gasteiger partial charge < -0.3 is 19.4 Å². The molecule has 0 radical (unpaired) electrons. The maximum absolute atomic E-state index is 11.6. The van der Waals surface area contributed by atoms with Crippen LogP contribution < -0.4 is 0 Å². The summed E-state index contributed by atoms with van der Waals surface area (Å²) >= 11 is 0. The number of nitrogens with zero attached hydrogens (tertiary/aromatic N) is 2. The molecule has 2 aromatic rings. The molecule has 0 fully saturated rings. The van der Waals surface area contributed by atoms with Crippen molar-refractivity contribution in [3.63, 3.8) is 0 Å². The molecule has 2 aromatic carbocycles. The van der Waals surface area contributed by atoms with E-state index in [-0.39, 0.29) is 20.4 Å². The molecule has 0 aromatic heterocycles. The van der Waals surface area contributed by atoms with E-state index in [1.54, 1.807) is 0 Å². The number of allylic oxidation sites excluding steroid dienone is 2. The van der Waals surface area contributed by atoms with Crippen LogP contribution in [0.15, 0.2) is 59.7 Å². The summed E-state index contributed by atoms with van der Waals surface area (Å²) in [6, 6.07) is 17.4. The smallest absolute Gasteiger partial charge is 0.493 e. The Labute approximate surface area is 484 Å². The van der Waals surface area contributed by atoms with Crippen LogP contribution in [-0.4, -0.2) is 4.70 Å². The average molecular weight is 1130 g/mol. The van der Waals surface area contributed by atoms with Crippen molar-refractivity contribution in [3.05, 3.63) is 101 Å². The van der Waals surface area contributed by atoms with Gasteiger partial charge in [-0.1, -0.05) is 321 Å². The molecule has 0 saturated heterocycles. The van der Waals surface area contributed by atoms with Crippen LogP contribution in [0.3, 0.4) is 0 Å². The molecule has 0 saturated carbocycles. The Morgan fingerprint density at radius 1 is 0.333 bits per heavy atom. The summed E-state index contributed by atoms with van der Waals surface area (Å²) in [5, 5.41) is 0. The summed E-state index contributed by atoms with van der Waals surface area (Å²) < 4.78 is 1.51. The standard InChI is InChI=1S/C30H40N2.2C21H43.Pd/c1-5-8-11-20-28-27(19-10-7-3)30(26-18-13-16-24(22-26)15-9-6-2)32(31)29(28)25-17-12-14-23(4)21-25;2*1-3-5-7-9-11-13-15-17-19-21-20-18-16-14-12-10-8-6-4-2;/h12-14,16-18,21-22H,5-11,15,19-20H2,1-4H3;2*1,3-21H2,2H3;/q;2*-1;+2. The Bertz CT molecular complexity index is 1540. The zero-order valence-electron chi connectivity index (χ0n) is 51.2. The van der Waals surface area contributed by atoms with Crippen molar-refractivity contribution in [2.45, 2.75) is 350 Å². The molecule has 0 unspecified atom stereocenters. The fraction of sp³-hybridized carbons (Fsp3) is 0.750. The van der Waals surface area contributed by atoms with Crippen molar-refractivity contribution in [2.24, 2.45) is 0 Å². The number of rotatable bonds is 48. The van der Waals surface area contributed by atoms with Crippen molar-refractivity contribution >= 4 is 11.4 Å². The average Bonchev–Trinajstić information content (AvgIpc) is 3.69. The Morgan fingerprint density at radius 2 is 0.613 bits per heavy atom. The summed E-state index contributed by atoms with van der Waals surface area (Å²) in [5.41, 5.74) is 21.1. The molecular formula is C72H126N2Pd. The second kappa shape index (κ2) is 55.5. The van der Waals surface area contributed by atoms with Gasteiger partial charge in [-0.25, -0.2) is 4.70 Å². The third-order valence-corrected chi connectivity index (χ3v) is 15.7. The van der Waals surface area contributed by atoms with Crippen LogP contribution in [0.5, 0.6) is 0 Å². The van der Waals surface area contributed by atoms with Crippen molar-refractivity contribution in [1.29, 1.82) is 0 Å². The number of hydrogen-bond acceptors (Lipinski definition) is 0. The molecule has 0 N–H and O–H groups in total. The van der Waals surface area contributed by atoms with Gasteiger partial charge in [0.05, 0.1) is 0 Å². The predicted octanol–water partition coefficient (Wildman–Crippen LogP) is 25.8. The summed E-state index contributed by atoms with van der Waals surface area (Å²) in [4.78, 5) is 0. The number of hydrogen-bond donors (Lipinski definition) is 0. The number of unbranched alkanes of at least 4 members (excludes halogenated alkanes) is 40. The normalized spacial score (nSPS) is 12.2. The maximum atomic E-state index is 11.6. The zero-order chi connectivity index (χ0) is 53.8. The van der Waals surface area contributed by atoms with Crippen LogP contribution in [-0.2, 0) is 26.8 Å². The quantitative estimate of drug-likeness (QED) is 0.0273. The van der Waals surface area contributed by atoms with E-state index >= 15 is 0 Å². The summed E-state index contributed by atoms with van der Waals surface area (Å²) in [7, 11) is 0. The molecule has 1 aliphatic rings. The van der Waals surface area contributed by atoms with Gasteiger partial charge in [0, 0.05) is 22.3 Å². The van der Waals surface area contributed by atoms with E-state index in [1.165, 1.54) is 284 Å². The van der Waals surface area contributed by atoms with Crippen molar-refractivity contribution in [2.75, 3.05) is 0 Å². The second-order valence-electron chi connectivity index (χ2n) is 22.9. The molecule has 1 heterocycles. The first-order valence-electron chi connectivity index (χ1n) is 33.1.